The Hall–Kier alpha value is -2.97. The predicted molar refractivity (Wildman–Crippen MR) is 131 cm³/mol. The highest BCUT2D eigenvalue weighted by Gasteiger charge is 2.28. The maximum absolute atomic E-state index is 12.6. The van der Waals surface area contributed by atoms with E-state index in [0.29, 0.717) is 47.7 Å². The molecule has 174 valence electrons. The highest BCUT2D eigenvalue weighted by Crippen LogP contribution is 2.41. The van der Waals surface area contributed by atoms with Crippen molar-refractivity contribution >= 4 is 28.9 Å². The molecule has 2 aromatic carbocycles. The van der Waals surface area contributed by atoms with Crippen LogP contribution in [0, 0.1) is 0 Å². The van der Waals surface area contributed by atoms with Gasteiger partial charge in [-0.15, -0.1) is 0 Å². The molecule has 0 aliphatic carbocycles. The molecule has 0 radical (unpaired) electrons. The van der Waals surface area contributed by atoms with Gasteiger partial charge >= 0.3 is 0 Å². The first kappa shape index (κ1) is 23.2. The lowest BCUT2D eigenvalue weighted by molar-refractivity contribution is -0.113. The summed E-state index contributed by atoms with van der Waals surface area (Å²) in [5, 5.41) is 21.7. The van der Waals surface area contributed by atoms with E-state index in [2.05, 4.69) is 4.99 Å². The van der Waals surface area contributed by atoms with Crippen molar-refractivity contribution in [3.63, 3.8) is 0 Å². The van der Waals surface area contributed by atoms with Crippen LogP contribution in [-0.4, -0.2) is 59.6 Å². The summed E-state index contributed by atoms with van der Waals surface area (Å²) >= 11 is 1.30. The predicted octanol–water partition coefficient (Wildman–Crippen LogP) is 4.37. The van der Waals surface area contributed by atoms with E-state index < -0.39 is 0 Å². The second kappa shape index (κ2) is 9.11. The van der Waals surface area contributed by atoms with Crippen molar-refractivity contribution < 1.29 is 24.5 Å². The van der Waals surface area contributed by atoms with Gasteiger partial charge in [0.05, 0.1) is 25.2 Å². The van der Waals surface area contributed by atoms with Crippen LogP contribution in [0.15, 0.2) is 40.2 Å². The second-order valence-electron chi connectivity index (χ2n) is 9.01. The Bertz CT molecular complexity index is 1140. The molecule has 1 saturated heterocycles. The average molecular weight is 469 g/mol. The molecule has 0 aromatic heterocycles. The van der Waals surface area contributed by atoms with Crippen LogP contribution >= 0.6 is 11.8 Å². The van der Waals surface area contributed by atoms with E-state index in [1.54, 1.807) is 18.2 Å². The minimum absolute atomic E-state index is 0.0446. The number of phenolic OH excluding ortho intramolecular Hbond substituents is 2. The van der Waals surface area contributed by atoms with Gasteiger partial charge in [-0.25, -0.2) is 0 Å². The van der Waals surface area contributed by atoms with Gasteiger partial charge in [0.2, 0.25) is 0 Å². The molecule has 2 aliphatic heterocycles. The van der Waals surface area contributed by atoms with E-state index in [1.807, 2.05) is 43.9 Å². The minimum Gasteiger partial charge on any atom is -0.508 e. The van der Waals surface area contributed by atoms with Gasteiger partial charge in [0.1, 0.15) is 5.75 Å². The lowest BCUT2D eigenvalue weighted by atomic mass is 9.84. The molecule has 2 heterocycles. The van der Waals surface area contributed by atoms with Crippen molar-refractivity contribution in [2.24, 2.45) is 4.99 Å². The molecule has 2 aliphatic rings. The molecule has 2 aromatic rings. The summed E-state index contributed by atoms with van der Waals surface area (Å²) < 4.78 is 10.8. The largest absolute Gasteiger partial charge is 0.508 e. The second-order valence-corrected chi connectivity index (χ2v) is 10.0. The topological polar surface area (TPSA) is 91.6 Å². The number of hydrogen-bond donors (Lipinski definition) is 2. The summed E-state index contributed by atoms with van der Waals surface area (Å²) in [5.74, 6) is 0.163. The fraction of sp³-hybridized carbons (Fsp3) is 0.360. The summed E-state index contributed by atoms with van der Waals surface area (Å²) in [6.45, 7) is 8.71. The number of nitrogens with zero attached hydrogens (tertiary/aromatic N) is 2. The first-order chi connectivity index (χ1) is 15.7. The van der Waals surface area contributed by atoms with Crippen LogP contribution in [0.4, 0.5) is 0 Å². The smallest absolute Gasteiger partial charge is 0.286 e. The molecule has 0 saturated carbocycles. The summed E-state index contributed by atoms with van der Waals surface area (Å²) in [5.41, 5.74) is 2.70. The van der Waals surface area contributed by atoms with Crippen LogP contribution in [0.5, 0.6) is 17.2 Å². The van der Waals surface area contributed by atoms with Gasteiger partial charge in [-0.1, -0.05) is 26.8 Å². The fourth-order valence-corrected chi connectivity index (χ4v) is 4.76. The fourth-order valence-electron chi connectivity index (χ4n) is 3.81. The minimum atomic E-state index is -0.329. The Balaban J connectivity index is 1.71. The molecule has 33 heavy (non-hydrogen) atoms. The van der Waals surface area contributed by atoms with Crippen molar-refractivity contribution in [1.82, 2.24) is 4.90 Å². The lowest BCUT2D eigenvalue weighted by Gasteiger charge is -2.27. The third-order valence-corrected chi connectivity index (χ3v) is 6.68. The number of aromatic hydroxyl groups is 2. The van der Waals surface area contributed by atoms with Gasteiger partial charge in [-0.2, -0.15) is 4.99 Å². The number of hydrogen-bond acceptors (Lipinski definition) is 7. The lowest BCUT2D eigenvalue weighted by Crippen LogP contribution is -2.38. The summed E-state index contributed by atoms with van der Waals surface area (Å²) in [6, 6.07) is 8.99. The van der Waals surface area contributed by atoms with E-state index in [9.17, 15) is 15.0 Å². The maximum Gasteiger partial charge on any atom is 0.286 e. The Morgan fingerprint density at radius 1 is 1.12 bits per heavy atom. The number of thioether (sulfide) groups is 1. The zero-order chi connectivity index (χ0) is 23.8. The van der Waals surface area contributed by atoms with E-state index in [1.165, 1.54) is 18.9 Å². The summed E-state index contributed by atoms with van der Waals surface area (Å²) in [6.07, 6.45) is 1.65. The standard InChI is InChI=1S/C25H28N2O5S/c1-25(2,3)18-12-15(5-6-19(18)28)16-11-17(22(29)20(13-16)31-4)14-21-23(30)26-24(33-21)27-7-9-32-10-8-27/h5-6,11-14,28-29H,7-10H2,1-4H3/b21-14-. The van der Waals surface area contributed by atoms with Gasteiger partial charge in [-0.3, -0.25) is 4.79 Å². The summed E-state index contributed by atoms with van der Waals surface area (Å²) in [4.78, 5) is 19.2. The first-order valence-corrected chi connectivity index (χ1v) is 11.6. The monoisotopic (exact) mass is 468 g/mol. The number of amides is 1. The normalized spacial score (nSPS) is 18.1. The zero-order valence-electron chi connectivity index (χ0n) is 19.2. The van der Waals surface area contributed by atoms with E-state index in [-0.39, 0.29) is 22.8 Å². The number of rotatable bonds is 3. The van der Waals surface area contributed by atoms with Crippen molar-refractivity contribution in [3.8, 4) is 28.4 Å². The number of aliphatic imine (C=N–C) groups is 1. The average Bonchev–Trinajstić information content (AvgIpc) is 3.15. The third kappa shape index (κ3) is 4.86. The van der Waals surface area contributed by atoms with Crippen LogP contribution in [0.1, 0.15) is 31.9 Å². The number of carbonyl (C=O) groups excluding carboxylic acids is 1. The van der Waals surface area contributed by atoms with Gasteiger partial charge in [0, 0.05) is 18.7 Å². The number of phenols is 2. The first-order valence-electron chi connectivity index (χ1n) is 10.8. The number of benzene rings is 2. The summed E-state index contributed by atoms with van der Waals surface area (Å²) in [7, 11) is 1.49. The molecule has 1 amide bonds. The van der Waals surface area contributed by atoms with Gasteiger partial charge < -0.3 is 24.6 Å². The Kier molecular flexibility index (Phi) is 6.41. The molecule has 0 bridgehead atoms. The number of amidine groups is 1. The highest BCUT2D eigenvalue weighted by molar-refractivity contribution is 8.18. The molecular weight excluding hydrogens is 440 g/mol. The highest BCUT2D eigenvalue weighted by atomic mass is 32.2. The quantitative estimate of drug-likeness (QED) is 0.646. The number of carbonyl (C=O) groups is 1. The molecule has 4 rings (SSSR count). The van der Waals surface area contributed by atoms with E-state index >= 15 is 0 Å². The van der Waals surface area contributed by atoms with Crippen LogP contribution in [0.25, 0.3) is 17.2 Å². The number of methoxy groups -OCH3 is 1. The van der Waals surface area contributed by atoms with Crippen LogP contribution < -0.4 is 4.74 Å². The van der Waals surface area contributed by atoms with Gasteiger partial charge in [0.15, 0.2) is 16.7 Å². The molecule has 0 spiro atoms. The zero-order valence-corrected chi connectivity index (χ0v) is 20.0. The third-order valence-electron chi connectivity index (χ3n) is 5.64. The number of morpholine rings is 1. The van der Waals surface area contributed by atoms with E-state index in [4.69, 9.17) is 9.47 Å². The van der Waals surface area contributed by atoms with Crippen LogP contribution in [-0.2, 0) is 14.9 Å². The molecule has 2 N–H and O–H groups in total. The van der Waals surface area contributed by atoms with Crippen molar-refractivity contribution in [2.75, 3.05) is 33.4 Å². The number of ether oxygens (including phenoxy) is 2. The Labute approximate surface area is 197 Å². The Morgan fingerprint density at radius 3 is 2.52 bits per heavy atom. The Morgan fingerprint density at radius 2 is 1.85 bits per heavy atom. The van der Waals surface area contributed by atoms with Gasteiger partial charge in [-0.05, 0) is 64.2 Å². The molecule has 1 fully saturated rings. The van der Waals surface area contributed by atoms with Crippen LogP contribution in [0.3, 0.4) is 0 Å². The van der Waals surface area contributed by atoms with Crippen molar-refractivity contribution in [2.45, 2.75) is 26.2 Å². The SMILES string of the molecule is COc1cc(-c2ccc(O)c(C(C)(C)C)c2)cc(/C=C2\SC(N3CCOCC3)=NC2=O)c1O. The molecule has 8 heteroatoms. The van der Waals surface area contributed by atoms with Crippen molar-refractivity contribution in [1.29, 1.82) is 0 Å². The molecule has 0 unspecified atom stereocenters. The van der Waals surface area contributed by atoms with Crippen LogP contribution in [0.2, 0.25) is 0 Å². The maximum atomic E-state index is 12.6. The molecule has 0 atom stereocenters. The molecular formula is C25H28N2O5S. The van der Waals surface area contributed by atoms with E-state index in [0.717, 1.165) is 16.7 Å². The van der Waals surface area contributed by atoms with Crippen molar-refractivity contribution in [3.05, 3.63) is 46.4 Å². The van der Waals surface area contributed by atoms with Gasteiger partial charge in [0.25, 0.3) is 5.91 Å². The molecule has 7 nitrogen and oxygen atoms in total.